The van der Waals surface area contributed by atoms with Crippen molar-refractivity contribution >= 4 is 15.8 Å². The third-order valence-electron chi connectivity index (χ3n) is 1.33. The molecule has 0 fully saturated rings. The topological polar surface area (TPSA) is 106 Å². The van der Waals surface area contributed by atoms with Gasteiger partial charge in [0.1, 0.15) is 20.8 Å². The average molecular weight is 200 g/mol. The van der Waals surface area contributed by atoms with Crippen LogP contribution in [0.1, 0.15) is 0 Å². The van der Waals surface area contributed by atoms with Crippen LogP contribution in [0.5, 0.6) is 5.75 Å². The minimum absolute atomic E-state index is 0.118. The Morgan fingerprint density at radius 1 is 1.46 bits per heavy atom. The summed E-state index contributed by atoms with van der Waals surface area (Å²) in [4.78, 5) is 1.87. The summed E-state index contributed by atoms with van der Waals surface area (Å²) in [5.41, 5.74) is -0.118. The highest BCUT2D eigenvalue weighted by molar-refractivity contribution is 7.85. The SMILES string of the molecule is N#[N+]c1ccc(O)c(S(=O)(=O)[O-])c1. The lowest BCUT2D eigenvalue weighted by Gasteiger charge is -2.06. The van der Waals surface area contributed by atoms with E-state index in [0.29, 0.717) is 0 Å². The van der Waals surface area contributed by atoms with E-state index in [4.69, 9.17) is 10.5 Å². The highest BCUT2D eigenvalue weighted by atomic mass is 32.2. The summed E-state index contributed by atoms with van der Waals surface area (Å²) in [7, 11) is -4.74. The molecule has 7 heteroatoms. The van der Waals surface area contributed by atoms with Gasteiger partial charge in [-0.15, -0.1) is 0 Å². The first-order valence-corrected chi connectivity index (χ1v) is 4.50. The van der Waals surface area contributed by atoms with Crippen molar-refractivity contribution in [3.05, 3.63) is 23.2 Å². The van der Waals surface area contributed by atoms with Crippen LogP contribution in [0.3, 0.4) is 0 Å². The van der Waals surface area contributed by atoms with Crippen LogP contribution in [0, 0.1) is 5.39 Å². The number of hydrogen-bond acceptors (Lipinski definition) is 5. The molecule has 1 rings (SSSR count). The van der Waals surface area contributed by atoms with Gasteiger partial charge >= 0.3 is 5.69 Å². The molecular weight excluding hydrogens is 196 g/mol. The van der Waals surface area contributed by atoms with Gasteiger partial charge in [-0.25, -0.2) is 8.42 Å². The predicted octanol–water partition coefficient (Wildman–Crippen LogP) is 0.781. The van der Waals surface area contributed by atoms with E-state index in [1.807, 2.05) is 0 Å². The number of hydrogen-bond donors (Lipinski definition) is 1. The summed E-state index contributed by atoms with van der Waals surface area (Å²) in [6.45, 7) is 0. The van der Waals surface area contributed by atoms with Crippen molar-refractivity contribution in [2.24, 2.45) is 0 Å². The number of phenols is 1. The third kappa shape index (κ3) is 1.93. The highest BCUT2D eigenvalue weighted by Crippen LogP contribution is 2.26. The maximum absolute atomic E-state index is 10.5. The molecule has 0 saturated carbocycles. The van der Waals surface area contributed by atoms with Gasteiger partial charge in [-0.1, -0.05) is 0 Å². The Morgan fingerprint density at radius 2 is 2.08 bits per heavy atom. The van der Waals surface area contributed by atoms with E-state index in [0.717, 1.165) is 18.2 Å². The number of benzene rings is 1. The Kier molecular flexibility index (Phi) is 2.18. The minimum atomic E-state index is -4.74. The molecule has 6 nitrogen and oxygen atoms in total. The van der Waals surface area contributed by atoms with E-state index in [-0.39, 0.29) is 5.69 Å². The molecule has 0 aromatic heterocycles. The average Bonchev–Trinajstić information content (AvgIpc) is 2.03. The van der Waals surface area contributed by atoms with Gasteiger partial charge in [0.05, 0.1) is 6.07 Å². The second kappa shape index (κ2) is 3.01. The van der Waals surface area contributed by atoms with Crippen LogP contribution in [0.2, 0.25) is 0 Å². The fraction of sp³-hybridized carbons (Fsp3) is 0. The number of phenolic OH excluding ortho intramolecular Hbond substituents is 1. The number of nitrogens with zero attached hydrogens (tertiary/aromatic N) is 2. The smallest absolute Gasteiger partial charge is 0.386 e. The van der Waals surface area contributed by atoms with Crippen molar-refractivity contribution < 1.29 is 18.1 Å². The zero-order chi connectivity index (χ0) is 10.1. The first-order valence-electron chi connectivity index (χ1n) is 3.09. The van der Waals surface area contributed by atoms with Crippen LogP contribution in [0.15, 0.2) is 23.1 Å². The summed E-state index contributed by atoms with van der Waals surface area (Å²) < 4.78 is 31.4. The van der Waals surface area contributed by atoms with Crippen LogP contribution < -0.4 is 0 Å². The zero-order valence-electron chi connectivity index (χ0n) is 6.21. The fourth-order valence-corrected chi connectivity index (χ4v) is 1.35. The first kappa shape index (κ1) is 9.44. The summed E-state index contributed by atoms with van der Waals surface area (Å²) in [5, 5.41) is 17.2. The van der Waals surface area contributed by atoms with Crippen LogP contribution in [0.4, 0.5) is 5.69 Å². The molecular formula is C6H4N2O4S. The molecule has 1 aromatic carbocycles. The van der Waals surface area contributed by atoms with Crippen LogP contribution in [-0.4, -0.2) is 18.1 Å². The Hall–Kier alpha value is -1.65. The lowest BCUT2D eigenvalue weighted by Crippen LogP contribution is -1.98. The molecule has 0 amide bonds. The molecule has 0 bridgehead atoms. The highest BCUT2D eigenvalue weighted by Gasteiger charge is 2.14. The number of diazo groups is 1. The van der Waals surface area contributed by atoms with E-state index in [1.165, 1.54) is 0 Å². The molecule has 0 aliphatic rings. The largest absolute Gasteiger partial charge is 0.744 e. The summed E-state index contributed by atoms with van der Waals surface area (Å²) >= 11 is 0. The quantitative estimate of drug-likeness (QED) is 0.532. The second-order valence-corrected chi connectivity index (χ2v) is 3.55. The Balaban J connectivity index is 3.47. The van der Waals surface area contributed by atoms with Crippen LogP contribution in [0.25, 0.3) is 4.98 Å². The maximum atomic E-state index is 10.5. The normalized spacial score (nSPS) is 10.8. The predicted molar refractivity (Wildman–Crippen MR) is 40.8 cm³/mol. The second-order valence-electron chi connectivity index (χ2n) is 2.21. The van der Waals surface area contributed by atoms with Gasteiger partial charge in [0.25, 0.3) is 0 Å². The molecule has 0 spiro atoms. The molecule has 1 aromatic rings. The van der Waals surface area contributed by atoms with E-state index in [1.54, 1.807) is 0 Å². The summed E-state index contributed by atoms with van der Waals surface area (Å²) in [6, 6.07) is 2.89. The third-order valence-corrected chi connectivity index (χ3v) is 2.19. The van der Waals surface area contributed by atoms with Gasteiger partial charge < -0.3 is 9.66 Å². The molecule has 0 aliphatic carbocycles. The van der Waals surface area contributed by atoms with Crippen LogP contribution >= 0.6 is 0 Å². The summed E-state index contributed by atoms with van der Waals surface area (Å²) in [5.74, 6) is -0.664. The van der Waals surface area contributed by atoms with Crippen molar-refractivity contribution in [3.63, 3.8) is 0 Å². The lowest BCUT2D eigenvalue weighted by molar-refractivity contribution is 0.435. The van der Waals surface area contributed by atoms with Crippen molar-refractivity contribution in [2.75, 3.05) is 0 Å². The molecule has 0 radical (unpaired) electrons. The molecule has 13 heavy (non-hydrogen) atoms. The van der Waals surface area contributed by atoms with Crippen molar-refractivity contribution in [2.45, 2.75) is 4.90 Å². The van der Waals surface area contributed by atoms with E-state index in [9.17, 15) is 13.0 Å². The van der Waals surface area contributed by atoms with E-state index < -0.39 is 20.8 Å². The van der Waals surface area contributed by atoms with E-state index in [2.05, 4.69) is 4.98 Å². The Bertz CT molecular complexity index is 474. The van der Waals surface area contributed by atoms with E-state index >= 15 is 0 Å². The van der Waals surface area contributed by atoms with Gasteiger partial charge in [0.2, 0.25) is 5.39 Å². The molecule has 0 saturated heterocycles. The fourth-order valence-electron chi connectivity index (χ4n) is 0.765. The number of rotatable bonds is 1. The first-order chi connectivity index (χ1) is 5.95. The maximum Gasteiger partial charge on any atom is 0.386 e. The Labute approximate surface area is 73.8 Å². The van der Waals surface area contributed by atoms with Crippen molar-refractivity contribution in [3.8, 4) is 5.75 Å². The zero-order valence-corrected chi connectivity index (χ0v) is 7.02. The molecule has 0 atom stereocenters. The molecule has 68 valence electrons. The molecule has 0 aliphatic heterocycles. The van der Waals surface area contributed by atoms with Crippen molar-refractivity contribution in [1.29, 1.82) is 5.39 Å². The van der Waals surface area contributed by atoms with Gasteiger partial charge in [-0.3, -0.25) is 0 Å². The summed E-state index contributed by atoms with van der Waals surface area (Å²) in [6.07, 6.45) is 0. The van der Waals surface area contributed by atoms with Crippen LogP contribution in [-0.2, 0) is 10.1 Å². The lowest BCUT2D eigenvalue weighted by atomic mass is 10.3. The standard InChI is InChI=1S/C6H4N2O4S/c7-8-4-1-2-5(9)6(3-4)13(10,11)12/h1-3H,(H-,9,10,11,12). The monoisotopic (exact) mass is 200 g/mol. The minimum Gasteiger partial charge on any atom is -0.744 e. The van der Waals surface area contributed by atoms with Gasteiger partial charge in [-0.2, -0.15) is 0 Å². The Morgan fingerprint density at radius 3 is 2.54 bits per heavy atom. The molecule has 0 heterocycles. The van der Waals surface area contributed by atoms with Gasteiger partial charge in [0.15, 0.2) is 4.98 Å². The van der Waals surface area contributed by atoms with Gasteiger partial charge in [0, 0.05) is 6.07 Å². The molecule has 0 unspecified atom stereocenters. The number of aromatic hydroxyl groups is 1. The van der Waals surface area contributed by atoms with Gasteiger partial charge in [-0.05, 0) is 6.07 Å². The van der Waals surface area contributed by atoms with Crippen molar-refractivity contribution in [1.82, 2.24) is 0 Å². The molecule has 1 N–H and O–H groups in total.